The molecule has 0 aliphatic rings. The van der Waals surface area contributed by atoms with Crippen LogP contribution in [0.2, 0.25) is 5.02 Å². The van der Waals surface area contributed by atoms with Gasteiger partial charge in [0.15, 0.2) is 0 Å². The predicted octanol–water partition coefficient (Wildman–Crippen LogP) is 5.60. The molecular weight excluding hydrogens is 324 g/mol. The maximum atomic E-state index is 6.09. The highest BCUT2D eigenvalue weighted by molar-refractivity contribution is 9.10. The van der Waals surface area contributed by atoms with Crippen LogP contribution in [0.5, 0.6) is 0 Å². The van der Waals surface area contributed by atoms with E-state index in [1.54, 1.807) is 11.3 Å². The van der Waals surface area contributed by atoms with Crippen LogP contribution in [-0.2, 0) is 11.5 Å². The lowest BCUT2D eigenvalue weighted by Crippen LogP contribution is -1.82. The molecule has 0 aliphatic carbocycles. The van der Waals surface area contributed by atoms with Crippen LogP contribution < -0.4 is 0 Å². The van der Waals surface area contributed by atoms with Crippen molar-refractivity contribution >= 4 is 50.6 Å². The minimum Gasteiger partial charge on any atom is -0.151 e. The Balaban J connectivity index is 1.87. The van der Waals surface area contributed by atoms with E-state index in [0.717, 1.165) is 16.5 Å². The molecule has 0 amide bonds. The van der Waals surface area contributed by atoms with E-state index in [1.165, 1.54) is 14.9 Å². The Hall–Kier alpha value is 0.0400. The van der Waals surface area contributed by atoms with E-state index in [0.29, 0.717) is 0 Å². The summed E-state index contributed by atoms with van der Waals surface area (Å²) >= 11 is 13.2. The van der Waals surface area contributed by atoms with E-state index in [2.05, 4.69) is 33.4 Å². The lowest BCUT2D eigenvalue weighted by atomic mass is 10.2. The van der Waals surface area contributed by atoms with Crippen LogP contribution >= 0.6 is 50.6 Å². The van der Waals surface area contributed by atoms with Gasteiger partial charge in [0.05, 0.1) is 0 Å². The smallest absolute Gasteiger partial charge is 0.0446 e. The molecule has 2 rings (SSSR count). The summed E-state index contributed by atoms with van der Waals surface area (Å²) in [7, 11) is 0. The van der Waals surface area contributed by atoms with E-state index in [9.17, 15) is 0 Å². The van der Waals surface area contributed by atoms with E-state index in [-0.39, 0.29) is 0 Å². The number of hydrogen-bond acceptors (Lipinski definition) is 2. The van der Waals surface area contributed by atoms with Crippen LogP contribution in [0, 0.1) is 0 Å². The molecule has 0 aliphatic heterocycles. The van der Waals surface area contributed by atoms with Crippen LogP contribution in [0.1, 0.15) is 10.4 Å². The number of hydrogen-bond donors (Lipinski definition) is 0. The Morgan fingerprint density at radius 2 is 2.06 bits per heavy atom. The summed E-state index contributed by atoms with van der Waals surface area (Å²) in [4.78, 5) is 1.39. The molecule has 16 heavy (non-hydrogen) atoms. The maximum Gasteiger partial charge on any atom is 0.0446 e. The first-order valence-corrected chi connectivity index (χ1v) is 8.00. The Kier molecular flexibility index (Phi) is 4.77. The molecule has 0 saturated carbocycles. The van der Waals surface area contributed by atoms with E-state index in [4.69, 9.17) is 11.6 Å². The number of halogens is 2. The Labute approximate surface area is 117 Å². The van der Waals surface area contributed by atoms with Crippen molar-refractivity contribution in [2.24, 2.45) is 0 Å². The van der Waals surface area contributed by atoms with Crippen molar-refractivity contribution in [3.8, 4) is 0 Å². The molecule has 0 bridgehead atoms. The fraction of sp³-hybridized carbons (Fsp3) is 0.167. The number of thiophene rings is 1. The highest BCUT2D eigenvalue weighted by atomic mass is 79.9. The Morgan fingerprint density at radius 1 is 1.25 bits per heavy atom. The molecule has 2 aromatic rings. The van der Waals surface area contributed by atoms with Gasteiger partial charge in [0.25, 0.3) is 0 Å². The first-order valence-electron chi connectivity index (χ1n) is 4.80. The number of thioether (sulfide) groups is 1. The van der Waals surface area contributed by atoms with Crippen molar-refractivity contribution in [3.05, 3.63) is 55.6 Å². The molecule has 0 spiro atoms. The summed E-state index contributed by atoms with van der Waals surface area (Å²) in [6.45, 7) is 0. The quantitative estimate of drug-likeness (QED) is 0.702. The minimum absolute atomic E-state index is 0.863. The lowest BCUT2D eigenvalue weighted by molar-refractivity contribution is 1.39. The number of benzene rings is 1. The Morgan fingerprint density at radius 3 is 2.75 bits per heavy atom. The van der Waals surface area contributed by atoms with Crippen molar-refractivity contribution in [3.63, 3.8) is 0 Å². The normalized spacial score (nSPS) is 10.6. The van der Waals surface area contributed by atoms with Gasteiger partial charge >= 0.3 is 0 Å². The third kappa shape index (κ3) is 3.52. The molecule has 0 atom stereocenters. The van der Waals surface area contributed by atoms with Crippen molar-refractivity contribution < 1.29 is 0 Å². The van der Waals surface area contributed by atoms with Gasteiger partial charge in [0, 0.05) is 31.3 Å². The summed E-state index contributed by atoms with van der Waals surface area (Å²) in [5, 5.41) is 2.98. The second-order valence-corrected chi connectivity index (χ2v) is 6.62. The molecule has 84 valence electrons. The summed E-state index contributed by atoms with van der Waals surface area (Å²) < 4.78 is 1.17. The molecular formula is C12H10BrClS2. The third-order valence-electron chi connectivity index (χ3n) is 2.08. The largest absolute Gasteiger partial charge is 0.151 e. The zero-order valence-corrected chi connectivity index (χ0v) is 12.4. The van der Waals surface area contributed by atoms with Gasteiger partial charge < -0.3 is 0 Å². The van der Waals surface area contributed by atoms with Gasteiger partial charge in [0.2, 0.25) is 0 Å². The zero-order valence-electron chi connectivity index (χ0n) is 8.45. The van der Waals surface area contributed by atoms with Crippen molar-refractivity contribution in [1.29, 1.82) is 0 Å². The average molecular weight is 334 g/mol. The van der Waals surface area contributed by atoms with E-state index < -0.39 is 0 Å². The minimum atomic E-state index is 0.863. The summed E-state index contributed by atoms with van der Waals surface area (Å²) in [6, 6.07) is 10.2. The van der Waals surface area contributed by atoms with Gasteiger partial charge in [-0.25, -0.2) is 0 Å². The summed E-state index contributed by atoms with van der Waals surface area (Å²) in [5.41, 5.74) is 1.21. The molecule has 1 aromatic heterocycles. The molecule has 4 heteroatoms. The maximum absolute atomic E-state index is 6.09. The summed E-state index contributed by atoms with van der Waals surface area (Å²) in [5.74, 6) is 2.01. The third-order valence-corrected chi connectivity index (χ3v) is 5.36. The van der Waals surface area contributed by atoms with Crippen LogP contribution in [0.25, 0.3) is 0 Å². The van der Waals surface area contributed by atoms with Crippen LogP contribution in [0.15, 0.2) is 40.2 Å². The van der Waals surface area contributed by atoms with Gasteiger partial charge in [-0.05, 0) is 33.6 Å². The molecule has 1 aromatic carbocycles. The molecule has 0 nitrogen and oxygen atoms in total. The molecule has 0 saturated heterocycles. The fourth-order valence-electron chi connectivity index (χ4n) is 1.31. The highest BCUT2D eigenvalue weighted by Gasteiger charge is 2.01. The van der Waals surface area contributed by atoms with Crippen LogP contribution in [0.4, 0.5) is 0 Å². The number of rotatable bonds is 4. The molecule has 0 radical (unpaired) electrons. The van der Waals surface area contributed by atoms with Crippen LogP contribution in [0.3, 0.4) is 0 Å². The second kappa shape index (κ2) is 6.10. The Bertz CT molecular complexity index is 468. The highest BCUT2D eigenvalue weighted by Crippen LogP contribution is 2.27. The van der Waals surface area contributed by atoms with Gasteiger partial charge in [-0.2, -0.15) is 11.8 Å². The molecule has 0 fully saturated rings. The zero-order chi connectivity index (χ0) is 11.4. The first kappa shape index (κ1) is 12.5. The van der Waals surface area contributed by atoms with Crippen LogP contribution in [-0.4, -0.2) is 0 Å². The predicted molar refractivity (Wildman–Crippen MR) is 78.5 cm³/mol. The SMILES string of the molecule is Clc1ccccc1CSCc1cc(Br)cs1. The fourth-order valence-corrected chi connectivity index (χ4v) is 4.20. The molecule has 1 heterocycles. The topological polar surface area (TPSA) is 0 Å². The van der Waals surface area contributed by atoms with Gasteiger partial charge in [-0.15, -0.1) is 11.3 Å². The van der Waals surface area contributed by atoms with E-state index in [1.807, 2.05) is 30.0 Å². The standard InChI is InChI=1S/C12H10BrClS2/c13-10-5-11(16-7-10)8-15-6-9-3-1-2-4-12(9)14/h1-5,7H,6,8H2. The second-order valence-electron chi connectivity index (χ2n) is 3.32. The van der Waals surface area contributed by atoms with Gasteiger partial charge in [0.1, 0.15) is 0 Å². The van der Waals surface area contributed by atoms with Crippen molar-refractivity contribution in [2.75, 3.05) is 0 Å². The lowest BCUT2D eigenvalue weighted by Gasteiger charge is -2.02. The van der Waals surface area contributed by atoms with Crippen molar-refractivity contribution in [1.82, 2.24) is 0 Å². The first-order chi connectivity index (χ1) is 7.75. The van der Waals surface area contributed by atoms with Gasteiger partial charge in [-0.3, -0.25) is 0 Å². The van der Waals surface area contributed by atoms with E-state index >= 15 is 0 Å². The molecule has 0 unspecified atom stereocenters. The average Bonchev–Trinajstić information content (AvgIpc) is 2.67. The molecule has 0 N–H and O–H groups in total. The van der Waals surface area contributed by atoms with Crippen molar-refractivity contribution in [2.45, 2.75) is 11.5 Å². The summed E-state index contributed by atoms with van der Waals surface area (Å²) in [6.07, 6.45) is 0. The monoisotopic (exact) mass is 332 g/mol. The van der Waals surface area contributed by atoms with Gasteiger partial charge in [-0.1, -0.05) is 29.8 Å².